The van der Waals surface area contributed by atoms with Crippen LogP contribution in [-0.2, 0) is 0 Å². The molecule has 19 heavy (non-hydrogen) atoms. The molecule has 1 saturated heterocycles. The third-order valence-corrected chi connectivity index (χ3v) is 4.10. The lowest BCUT2D eigenvalue weighted by molar-refractivity contribution is 0.199. The Balaban J connectivity index is 2.39. The lowest BCUT2D eigenvalue weighted by Gasteiger charge is -2.34. The molecule has 0 unspecified atom stereocenters. The summed E-state index contributed by atoms with van der Waals surface area (Å²) in [7, 11) is 1.56. The molecular weight excluding hydrogens is 308 g/mol. The molecule has 1 aliphatic rings. The number of phenols is 1. The fourth-order valence-corrected chi connectivity index (χ4v) is 2.97. The highest BCUT2D eigenvalue weighted by molar-refractivity contribution is 9.10. The van der Waals surface area contributed by atoms with Gasteiger partial charge in [0.15, 0.2) is 11.5 Å². The largest absolute Gasteiger partial charge is 0.504 e. The van der Waals surface area contributed by atoms with Gasteiger partial charge in [-0.25, -0.2) is 0 Å². The van der Waals surface area contributed by atoms with Crippen molar-refractivity contribution in [3.63, 3.8) is 0 Å². The lowest BCUT2D eigenvalue weighted by atomic mass is 10.0. The number of halogens is 1. The highest BCUT2D eigenvalue weighted by Crippen LogP contribution is 2.41. The summed E-state index contributed by atoms with van der Waals surface area (Å²) in [6.45, 7) is 7.68. The van der Waals surface area contributed by atoms with Gasteiger partial charge in [0.2, 0.25) is 0 Å². The molecule has 104 valence electrons. The van der Waals surface area contributed by atoms with Gasteiger partial charge in [-0.1, -0.05) is 22.0 Å². The Morgan fingerprint density at radius 2 is 2.16 bits per heavy atom. The van der Waals surface area contributed by atoms with Gasteiger partial charge in [0.05, 0.1) is 13.2 Å². The van der Waals surface area contributed by atoms with Crippen molar-refractivity contribution in [1.29, 1.82) is 0 Å². The number of rotatable bonds is 4. The van der Waals surface area contributed by atoms with Crippen molar-refractivity contribution in [2.75, 3.05) is 33.3 Å². The highest BCUT2D eigenvalue weighted by atomic mass is 79.9. The van der Waals surface area contributed by atoms with Gasteiger partial charge in [0.25, 0.3) is 0 Å². The van der Waals surface area contributed by atoms with Gasteiger partial charge in [0, 0.05) is 36.2 Å². The van der Waals surface area contributed by atoms with Crippen molar-refractivity contribution in [3.05, 3.63) is 34.8 Å². The van der Waals surface area contributed by atoms with E-state index in [1.807, 2.05) is 12.1 Å². The second-order valence-corrected chi connectivity index (χ2v) is 5.33. The molecule has 0 aliphatic carbocycles. The monoisotopic (exact) mass is 326 g/mol. The lowest BCUT2D eigenvalue weighted by Crippen LogP contribution is -2.44. The number of hydrogen-bond acceptors (Lipinski definition) is 4. The average molecular weight is 327 g/mol. The zero-order valence-corrected chi connectivity index (χ0v) is 12.6. The number of piperazine rings is 1. The summed E-state index contributed by atoms with van der Waals surface area (Å²) in [5, 5.41) is 13.7. The third kappa shape index (κ3) is 2.94. The van der Waals surface area contributed by atoms with E-state index in [1.54, 1.807) is 13.2 Å². The number of benzene rings is 1. The second kappa shape index (κ2) is 6.41. The molecular formula is C14H19BrN2O2. The van der Waals surface area contributed by atoms with E-state index in [2.05, 4.69) is 32.7 Å². The van der Waals surface area contributed by atoms with Crippen LogP contribution in [0.3, 0.4) is 0 Å². The van der Waals surface area contributed by atoms with Crippen LogP contribution in [0.25, 0.3) is 0 Å². The molecule has 0 saturated carbocycles. The number of hydrogen-bond donors (Lipinski definition) is 2. The van der Waals surface area contributed by atoms with Crippen molar-refractivity contribution < 1.29 is 9.84 Å². The van der Waals surface area contributed by atoms with Crippen molar-refractivity contribution in [2.24, 2.45) is 0 Å². The summed E-state index contributed by atoms with van der Waals surface area (Å²) >= 11 is 3.51. The van der Waals surface area contributed by atoms with E-state index in [0.29, 0.717) is 5.75 Å². The van der Waals surface area contributed by atoms with Crippen LogP contribution < -0.4 is 10.1 Å². The smallest absolute Gasteiger partial charge is 0.164 e. The maximum absolute atomic E-state index is 10.4. The number of aromatic hydroxyl groups is 1. The molecule has 1 heterocycles. The fraction of sp³-hybridized carbons (Fsp3) is 0.429. The summed E-state index contributed by atoms with van der Waals surface area (Å²) in [5.74, 6) is 0.667. The molecule has 1 aromatic rings. The van der Waals surface area contributed by atoms with E-state index >= 15 is 0 Å². The summed E-state index contributed by atoms with van der Waals surface area (Å²) in [4.78, 5) is 2.29. The maximum Gasteiger partial charge on any atom is 0.164 e. The minimum absolute atomic E-state index is 0.0217. The molecule has 0 aromatic heterocycles. The molecule has 0 bridgehead atoms. The summed E-state index contributed by atoms with van der Waals surface area (Å²) in [5.41, 5.74) is 0.816. The van der Waals surface area contributed by atoms with Gasteiger partial charge >= 0.3 is 0 Å². The van der Waals surface area contributed by atoms with Crippen LogP contribution in [0.5, 0.6) is 11.5 Å². The standard InChI is InChI=1S/C14H19BrN2O2/c1-3-11(17-8-6-16-7-9-17)13-10(15)4-5-12(19-2)14(13)18/h3-5,11,16,18H,1,6-9H2,2H3/t11-/m0/s1. The van der Waals surface area contributed by atoms with Crippen LogP contribution >= 0.6 is 15.9 Å². The Hall–Kier alpha value is -1.04. The normalized spacial score (nSPS) is 18.0. The topological polar surface area (TPSA) is 44.7 Å². The molecule has 1 atom stereocenters. The fourth-order valence-electron chi connectivity index (χ4n) is 2.42. The maximum atomic E-state index is 10.4. The van der Waals surface area contributed by atoms with E-state index in [9.17, 15) is 5.11 Å². The molecule has 0 spiro atoms. The van der Waals surface area contributed by atoms with Crippen LogP contribution in [0.15, 0.2) is 29.3 Å². The molecule has 0 amide bonds. The Labute approximate surface area is 122 Å². The molecule has 4 nitrogen and oxygen atoms in total. The van der Waals surface area contributed by atoms with E-state index in [0.717, 1.165) is 36.2 Å². The van der Waals surface area contributed by atoms with Crippen LogP contribution in [-0.4, -0.2) is 43.3 Å². The van der Waals surface area contributed by atoms with Gasteiger partial charge < -0.3 is 15.2 Å². The molecule has 2 N–H and O–H groups in total. The van der Waals surface area contributed by atoms with Crippen LogP contribution in [0, 0.1) is 0 Å². The third-order valence-electron chi connectivity index (χ3n) is 3.41. The van der Waals surface area contributed by atoms with Gasteiger partial charge in [-0.15, -0.1) is 6.58 Å². The zero-order valence-electron chi connectivity index (χ0n) is 11.0. The van der Waals surface area contributed by atoms with Crippen molar-refractivity contribution in [1.82, 2.24) is 10.2 Å². The van der Waals surface area contributed by atoms with E-state index < -0.39 is 0 Å². The SMILES string of the molecule is C=C[C@@H](c1c(Br)ccc(OC)c1O)N1CCNCC1. The Bertz CT molecular complexity index is 459. The first kappa shape index (κ1) is 14.4. The van der Waals surface area contributed by atoms with Crippen molar-refractivity contribution >= 4 is 15.9 Å². The number of nitrogens with zero attached hydrogens (tertiary/aromatic N) is 1. The summed E-state index contributed by atoms with van der Waals surface area (Å²) < 4.78 is 6.06. The van der Waals surface area contributed by atoms with E-state index in [1.165, 1.54) is 0 Å². The first-order valence-corrected chi connectivity index (χ1v) is 7.11. The zero-order chi connectivity index (χ0) is 13.8. The predicted molar refractivity (Wildman–Crippen MR) is 79.7 cm³/mol. The molecule has 1 aromatic carbocycles. The van der Waals surface area contributed by atoms with Crippen LogP contribution in [0.4, 0.5) is 0 Å². The highest BCUT2D eigenvalue weighted by Gasteiger charge is 2.25. The molecule has 1 fully saturated rings. The first-order chi connectivity index (χ1) is 9.19. The van der Waals surface area contributed by atoms with E-state index in [-0.39, 0.29) is 11.8 Å². The molecule has 0 radical (unpaired) electrons. The summed E-state index contributed by atoms with van der Waals surface area (Å²) in [6.07, 6.45) is 1.87. The quantitative estimate of drug-likeness (QED) is 0.833. The number of ether oxygens (including phenoxy) is 1. The number of nitrogens with one attached hydrogen (secondary N) is 1. The van der Waals surface area contributed by atoms with E-state index in [4.69, 9.17) is 4.74 Å². The van der Waals surface area contributed by atoms with Crippen LogP contribution in [0.1, 0.15) is 11.6 Å². The number of phenolic OH excluding ortho intramolecular Hbond substituents is 1. The Morgan fingerprint density at radius 3 is 2.74 bits per heavy atom. The Morgan fingerprint density at radius 1 is 1.47 bits per heavy atom. The summed E-state index contributed by atoms with van der Waals surface area (Å²) in [6, 6.07) is 3.62. The first-order valence-electron chi connectivity index (χ1n) is 6.31. The minimum atomic E-state index is -0.0217. The Kier molecular flexibility index (Phi) is 4.85. The molecule has 1 aliphatic heterocycles. The molecule has 5 heteroatoms. The van der Waals surface area contributed by atoms with Gasteiger partial charge in [-0.05, 0) is 12.1 Å². The van der Waals surface area contributed by atoms with Crippen LogP contribution in [0.2, 0.25) is 0 Å². The van der Waals surface area contributed by atoms with Gasteiger partial charge in [0.1, 0.15) is 0 Å². The van der Waals surface area contributed by atoms with Gasteiger partial charge in [-0.2, -0.15) is 0 Å². The van der Waals surface area contributed by atoms with Crippen molar-refractivity contribution in [3.8, 4) is 11.5 Å². The average Bonchev–Trinajstić information content (AvgIpc) is 2.44. The van der Waals surface area contributed by atoms with Crippen molar-refractivity contribution in [2.45, 2.75) is 6.04 Å². The molecule has 2 rings (SSSR count). The predicted octanol–water partition coefficient (Wildman–Crippen LogP) is 2.30. The minimum Gasteiger partial charge on any atom is -0.504 e. The van der Waals surface area contributed by atoms with Gasteiger partial charge in [-0.3, -0.25) is 4.90 Å². The number of methoxy groups -OCH3 is 1. The second-order valence-electron chi connectivity index (χ2n) is 4.48.